The first-order valence-corrected chi connectivity index (χ1v) is 14.6. The van der Waals surface area contributed by atoms with Gasteiger partial charge in [0.1, 0.15) is 5.75 Å². The summed E-state index contributed by atoms with van der Waals surface area (Å²) in [6, 6.07) is 7.71. The molecular formula is C32H41F3O4. The minimum absolute atomic E-state index is 0.0119. The molecule has 4 nitrogen and oxygen atoms in total. The van der Waals surface area contributed by atoms with Crippen LogP contribution >= 0.6 is 0 Å². The van der Waals surface area contributed by atoms with Crippen LogP contribution in [0.3, 0.4) is 0 Å². The highest BCUT2D eigenvalue weighted by atomic mass is 19.2. The van der Waals surface area contributed by atoms with Crippen molar-refractivity contribution in [3.63, 3.8) is 0 Å². The van der Waals surface area contributed by atoms with Crippen molar-refractivity contribution >= 4 is 5.97 Å². The number of carbonyl (C=O) groups excluding carboxylic acids is 1. The van der Waals surface area contributed by atoms with Gasteiger partial charge in [-0.05, 0) is 99.3 Å². The van der Waals surface area contributed by atoms with Gasteiger partial charge in [-0.2, -0.15) is 0 Å². The molecule has 0 atom stereocenters. The van der Waals surface area contributed by atoms with Crippen molar-refractivity contribution in [2.75, 3.05) is 13.2 Å². The Balaban J connectivity index is 1.30. The summed E-state index contributed by atoms with van der Waals surface area (Å²) in [5, 5.41) is 0. The van der Waals surface area contributed by atoms with Crippen LogP contribution in [0.1, 0.15) is 107 Å². The smallest absolute Gasteiger partial charge is 0.314 e. The molecule has 0 aliphatic heterocycles. The van der Waals surface area contributed by atoms with Crippen molar-refractivity contribution < 1.29 is 32.2 Å². The minimum atomic E-state index is -0.758. The number of unbranched alkanes of at least 4 members (excludes halogenated alkanes) is 1. The lowest BCUT2D eigenvalue weighted by Crippen LogP contribution is -2.26. The fraction of sp³-hybridized carbons (Fsp3) is 0.594. The fourth-order valence-corrected chi connectivity index (χ4v) is 5.86. The molecule has 39 heavy (non-hydrogen) atoms. The lowest BCUT2D eigenvalue weighted by Gasteiger charge is -2.30. The molecule has 0 spiro atoms. The van der Waals surface area contributed by atoms with Gasteiger partial charge in [-0.1, -0.05) is 32.4 Å². The Morgan fingerprint density at radius 3 is 1.97 bits per heavy atom. The topological polar surface area (TPSA) is 44.8 Å². The molecule has 0 aromatic heterocycles. The predicted molar refractivity (Wildman–Crippen MR) is 145 cm³/mol. The van der Waals surface area contributed by atoms with E-state index in [9.17, 15) is 9.18 Å². The highest BCUT2D eigenvalue weighted by Crippen LogP contribution is 2.41. The third-order valence-electron chi connectivity index (χ3n) is 8.19. The average Bonchev–Trinajstić information content (AvgIpc) is 2.95. The summed E-state index contributed by atoms with van der Waals surface area (Å²) in [6.07, 6.45) is 8.43. The molecule has 2 aliphatic rings. The number of ether oxygens (including phenoxy) is 3. The molecule has 2 saturated carbocycles. The van der Waals surface area contributed by atoms with Crippen LogP contribution in [0, 0.1) is 23.4 Å². The predicted octanol–water partition coefficient (Wildman–Crippen LogP) is 8.62. The molecule has 0 N–H and O–H groups in total. The highest BCUT2D eigenvalue weighted by molar-refractivity contribution is 5.75. The quantitative estimate of drug-likeness (QED) is 0.161. The number of halogens is 3. The Morgan fingerprint density at radius 1 is 0.795 bits per heavy atom. The van der Waals surface area contributed by atoms with Gasteiger partial charge < -0.3 is 14.2 Å². The summed E-state index contributed by atoms with van der Waals surface area (Å²) in [6.45, 7) is 5.37. The molecular weight excluding hydrogens is 505 g/mol. The van der Waals surface area contributed by atoms with Gasteiger partial charge in [-0.3, -0.25) is 4.79 Å². The lowest BCUT2D eigenvalue weighted by atomic mass is 9.77. The maximum Gasteiger partial charge on any atom is 0.314 e. The first kappa shape index (κ1) is 29.4. The van der Waals surface area contributed by atoms with Crippen molar-refractivity contribution in [3.8, 4) is 11.5 Å². The van der Waals surface area contributed by atoms with Crippen LogP contribution in [0.15, 0.2) is 30.3 Å². The standard InChI is InChI=1S/C32H41F3O4/c1-3-5-19-38-25-14-17-29(28(33)20-25)39-32(36)23-8-6-21(7-9-23)26-15-16-27(31(35)30(26)34)22-10-12-24(13-11-22)37-18-4-2/h14-17,20-24H,3-13,18-19H2,1-2H3. The van der Waals surface area contributed by atoms with E-state index in [4.69, 9.17) is 14.2 Å². The van der Waals surface area contributed by atoms with Crippen molar-refractivity contribution in [3.05, 3.63) is 58.9 Å². The van der Waals surface area contributed by atoms with Gasteiger partial charge in [-0.25, -0.2) is 13.2 Å². The van der Waals surface area contributed by atoms with Gasteiger partial charge in [0, 0.05) is 12.7 Å². The zero-order valence-corrected chi connectivity index (χ0v) is 23.2. The van der Waals surface area contributed by atoms with Gasteiger partial charge in [0.15, 0.2) is 23.2 Å². The van der Waals surface area contributed by atoms with E-state index in [1.165, 1.54) is 12.1 Å². The van der Waals surface area contributed by atoms with Crippen LogP contribution in [-0.2, 0) is 9.53 Å². The highest BCUT2D eigenvalue weighted by Gasteiger charge is 2.32. The van der Waals surface area contributed by atoms with Crippen molar-refractivity contribution in [1.29, 1.82) is 0 Å². The van der Waals surface area contributed by atoms with E-state index in [0.29, 0.717) is 49.2 Å². The third-order valence-corrected chi connectivity index (χ3v) is 8.19. The molecule has 2 fully saturated rings. The van der Waals surface area contributed by atoms with Crippen LogP contribution in [0.4, 0.5) is 13.2 Å². The lowest BCUT2D eigenvalue weighted by molar-refractivity contribution is -0.140. The van der Waals surface area contributed by atoms with Crippen LogP contribution in [0.2, 0.25) is 0 Å². The zero-order chi connectivity index (χ0) is 27.8. The van der Waals surface area contributed by atoms with E-state index in [-0.39, 0.29) is 23.7 Å². The Hall–Kier alpha value is -2.54. The minimum Gasteiger partial charge on any atom is -0.493 e. The summed E-state index contributed by atoms with van der Waals surface area (Å²) in [5.41, 5.74) is 0.846. The van der Waals surface area contributed by atoms with E-state index in [1.807, 2.05) is 6.92 Å². The van der Waals surface area contributed by atoms with E-state index < -0.39 is 29.3 Å². The van der Waals surface area contributed by atoms with Gasteiger partial charge >= 0.3 is 5.97 Å². The van der Waals surface area contributed by atoms with E-state index in [0.717, 1.165) is 51.6 Å². The Labute approximate surface area is 230 Å². The van der Waals surface area contributed by atoms with Crippen molar-refractivity contribution in [1.82, 2.24) is 0 Å². The summed E-state index contributed by atoms with van der Waals surface area (Å²) >= 11 is 0. The molecule has 0 radical (unpaired) electrons. The average molecular weight is 547 g/mol. The number of carbonyl (C=O) groups is 1. The first-order chi connectivity index (χ1) is 18.9. The number of hydrogen-bond acceptors (Lipinski definition) is 4. The zero-order valence-electron chi connectivity index (χ0n) is 23.2. The number of rotatable bonds is 11. The molecule has 214 valence electrons. The molecule has 0 heterocycles. The second-order valence-corrected chi connectivity index (χ2v) is 11.0. The Kier molecular flexibility index (Phi) is 10.7. The Bertz CT molecular complexity index is 1090. The molecule has 7 heteroatoms. The summed E-state index contributed by atoms with van der Waals surface area (Å²) in [7, 11) is 0. The van der Waals surface area contributed by atoms with Crippen molar-refractivity contribution in [2.24, 2.45) is 5.92 Å². The van der Waals surface area contributed by atoms with Gasteiger partial charge in [0.2, 0.25) is 0 Å². The monoisotopic (exact) mass is 546 g/mol. The number of benzene rings is 2. The molecule has 2 aromatic rings. The summed E-state index contributed by atoms with van der Waals surface area (Å²) in [4.78, 5) is 12.7. The third kappa shape index (κ3) is 7.56. The Morgan fingerprint density at radius 2 is 1.41 bits per heavy atom. The summed E-state index contributed by atoms with van der Waals surface area (Å²) in [5.74, 6) is -2.91. The molecule has 2 aliphatic carbocycles. The van der Waals surface area contributed by atoms with Gasteiger partial charge in [0.05, 0.1) is 18.6 Å². The normalized spacial score (nSPS) is 23.4. The maximum absolute atomic E-state index is 15.2. The molecule has 2 aromatic carbocycles. The van der Waals surface area contributed by atoms with Gasteiger partial charge in [-0.15, -0.1) is 0 Å². The number of esters is 1. The molecule has 4 rings (SSSR count). The first-order valence-electron chi connectivity index (χ1n) is 14.6. The van der Waals surface area contributed by atoms with Crippen molar-refractivity contribution in [2.45, 2.75) is 102 Å². The largest absolute Gasteiger partial charge is 0.493 e. The van der Waals surface area contributed by atoms with E-state index in [1.54, 1.807) is 18.2 Å². The van der Waals surface area contributed by atoms with E-state index >= 15 is 8.78 Å². The van der Waals surface area contributed by atoms with Crippen LogP contribution in [0.25, 0.3) is 0 Å². The molecule has 0 saturated heterocycles. The molecule has 0 bridgehead atoms. The molecule has 0 amide bonds. The van der Waals surface area contributed by atoms with Gasteiger partial charge in [0.25, 0.3) is 0 Å². The summed E-state index contributed by atoms with van der Waals surface area (Å²) < 4.78 is 61.5. The van der Waals surface area contributed by atoms with Crippen LogP contribution in [-0.4, -0.2) is 25.3 Å². The number of hydrogen-bond donors (Lipinski definition) is 0. The van der Waals surface area contributed by atoms with Crippen LogP contribution < -0.4 is 9.47 Å². The van der Waals surface area contributed by atoms with E-state index in [2.05, 4.69) is 6.92 Å². The SMILES string of the molecule is CCCCOc1ccc(OC(=O)C2CCC(c3ccc(C4CCC(OCCC)CC4)c(F)c3F)CC2)c(F)c1. The second kappa shape index (κ2) is 14.2. The van der Waals surface area contributed by atoms with Crippen LogP contribution in [0.5, 0.6) is 11.5 Å². The fourth-order valence-electron chi connectivity index (χ4n) is 5.86. The second-order valence-electron chi connectivity index (χ2n) is 11.0. The molecule has 0 unspecified atom stereocenters. The maximum atomic E-state index is 15.2.